The van der Waals surface area contributed by atoms with E-state index in [9.17, 15) is 9.59 Å². The third-order valence-electron chi connectivity index (χ3n) is 5.56. The fraction of sp³-hybridized carbons (Fsp3) is 0.154. The Labute approximate surface area is 207 Å². The third kappa shape index (κ3) is 5.33. The molecule has 0 atom stereocenters. The number of halogens is 1. The summed E-state index contributed by atoms with van der Waals surface area (Å²) >= 11 is 6.26. The summed E-state index contributed by atoms with van der Waals surface area (Å²) in [6, 6.07) is 19.4. The van der Waals surface area contributed by atoms with E-state index in [-0.39, 0.29) is 22.9 Å². The minimum atomic E-state index is -0.368. The van der Waals surface area contributed by atoms with E-state index in [1.54, 1.807) is 12.1 Å². The van der Waals surface area contributed by atoms with E-state index in [0.717, 1.165) is 49.0 Å². The number of carbonyl (C=O) groups is 2. The number of amidine groups is 2. The molecule has 0 spiro atoms. The van der Waals surface area contributed by atoms with Crippen molar-refractivity contribution in [3.05, 3.63) is 94.0 Å². The number of aliphatic imine (C=N–C) groups is 2. The second kappa shape index (κ2) is 9.99. The van der Waals surface area contributed by atoms with Crippen LogP contribution in [0.25, 0.3) is 0 Å². The minimum Gasteiger partial charge on any atom is -0.368 e. The van der Waals surface area contributed by atoms with Crippen LogP contribution in [0.1, 0.15) is 31.8 Å². The van der Waals surface area contributed by atoms with Crippen LogP contribution >= 0.6 is 11.6 Å². The summed E-state index contributed by atoms with van der Waals surface area (Å²) in [7, 11) is 0. The Kier molecular flexibility index (Phi) is 6.45. The van der Waals surface area contributed by atoms with Gasteiger partial charge in [0.1, 0.15) is 11.7 Å². The number of benzene rings is 3. The maximum atomic E-state index is 13.0. The lowest BCUT2D eigenvalue weighted by Gasteiger charge is -2.11. The van der Waals surface area contributed by atoms with Gasteiger partial charge in [-0.1, -0.05) is 35.9 Å². The van der Waals surface area contributed by atoms with Crippen LogP contribution in [-0.2, 0) is 0 Å². The molecule has 2 amide bonds. The molecule has 35 heavy (non-hydrogen) atoms. The molecular formula is C26H23ClN6O2. The molecule has 0 saturated heterocycles. The fourth-order valence-electron chi connectivity index (χ4n) is 3.93. The Hall–Kier alpha value is -4.17. The molecule has 0 fully saturated rings. The Morgan fingerprint density at radius 2 is 1.20 bits per heavy atom. The van der Waals surface area contributed by atoms with E-state index < -0.39 is 0 Å². The number of carbonyl (C=O) groups excluding carboxylic acids is 2. The summed E-state index contributed by atoms with van der Waals surface area (Å²) in [6.45, 7) is 3.06. The standard InChI is InChI=1S/C26H23ClN6O2/c27-20-12-18(25(34)32-21-5-1-3-16(14-21)23-28-7-8-29-23)11-19(13-20)26(35)33-22-6-2-4-17(15-22)24-30-9-10-31-24/h1-6,11-15H,7-10H2,(H,28,29)(H,30,31)(H,32,34)(H,33,35). The van der Waals surface area contributed by atoms with Gasteiger partial charge in [-0.2, -0.15) is 0 Å². The van der Waals surface area contributed by atoms with E-state index >= 15 is 0 Å². The molecule has 3 aromatic rings. The SMILES string of the molecule is O=C(Nc1cccc(C2=NCCN2)c1)c1cc(Cl)cc(C(=O)Nc2cccc(C3=NCCN3)c2)c1. The summed E-state index contributed by atoms with van der Waals surface area (Å²) in [5.74, 6) is 0.880. The molecule has 9 heteroatoms. The Bertz CT molecular complexity index is 1270. The van der Waals surface area contributed by atoms with Gasteiger partial charge < -0.3 is 21.3 Å². The molecule has 3 aromatic carbocycles. The van der Waals surface area contributed by atoms with Gasteiger partial charge in [-0.25, -0.2) is 0 Å². The number of hydrogen-bond donors (Lipinski definition) is 4. The van der Waals surface area contributed by atoms with Crippen LogP contribution in [0.2, 0.25) is 5.02 Å². The predicted molar refractivity (Wildman–Crippen MR) is 139 cm³/mol. The van der Waals surface area contributed by atoms with Crippen molar-refractivity contribution in [2.75, 3.05) is 36.8 Å². The number of amides is 2. The van der Waals surface area contributed by atoms with E-state index in [0.29, 0.717) is 16.4 Å². The molecule has 0 radical (unpaired) electrons. The molecule has 2 aliphatic rings. The molecule has 2 heterocycles. The average molecular weight is 487 g/mol. The topological polar surface area (TPSA) is 107 Å². The van der Waals surface area contributed by atoms with Crippen LogP contribution < -0.4 is 21.3 Å². The van der Waals surface area contributed by atoms with Crippen molar-refractivity contribution < 1.29 is 9.59 Å². The van der Waals surface area contributed by atoms with Crippen LogP contribution in [-0.4, -0.2) is 49.7 Å². The molecule has 0 unspecified atom stereocenters. The molecule has 0 aromatic heterocycles. The Morgan fingerprint density at radius 1 is 0.714 bits per heavy atom. The summed E-state index contributed by atoms with van der Waals surface area (Å²) in [4.78, 5) is 34.7. The third-order valence-corrected chi connectivity index (χ3v) is 5.78. The number of nitrogens with one attached hydrogen (secondary N) is 4. The largest absolute Gasteiger partial charge is 0.368 e. The molecule has 8 nitrogen and oxygen atoms in total. The highest BCUT2D eigenvalue weighted by Gasteiger charge is 2.15. The van der Waals surface area contributed by atoms with Crippen molar-refractivity contribution >= 4 is 46.5 Å². The number of rotatable bonds is 6. The molecule has 5 rings (SSSR count). The van der Waals surface area contributed by atoms with Gasteiger partial charge in [0.15, 0.2) is 0 Å². The molecule has 0 bridgehead atoms. The molecule has 4 N–H and O–H groups in total. The zero-order valence-corrected chi connectivity index (χ0v) is 19.5. The van der Waals surface area contributed by atoms with Crippen LogP contribution in [0.15, 0.2) is 76.7 Å². The molecule has 176 valence electrons. The maximum absolute atomic E-state index is 13.0. The first-order valence-electron chi connectivity index (χ1n) is 11.3. The van der Waals surface area contributed by atoms with Gasteiger partial charge in [0.25, 0.3) is 11.8 Å². The van der Waals surface area contributed by atoms with Crippen molar-refractivity contribution in [1.82, 2.24) is 10.6 Å². The smallest absolute Gasteiger partial charge is 0.255 e. The maximum Gasteiger partial charge on any atom is 0.255 e. The van der Waals surface area contributed by atoms with Crippen molar-refractivity contribution in [2.45, 2.75) is 0 Å². The number of hydrogen-bond acceptors (Lipinski definition) is 6. The van der Waals surface area contributed by atoms with Gasteiger partial charge in [0, 0.05) is 51.7 Å². The van der Waals surface area contributed by atoms with Crippen molar-refractivity contribution in [1.29, 1.82) is 0 Å². The zero-order chi connectivity index (χ0) is 24.2. The van der Waals surface area contributed by atoms with Crippen molar-refractivity contribution in [3.63, 3.8) is 0 Å². The van der Waals surface area contributed by atoms with Crippen LogP contribution in [0.5, 0.6) is 0 Å². The quantitative estimate of drug-likeness (QED) is 0.427. The molecule has 0 aliphatic carbocycles. The van der Waals surface area contributed by atoms with Crippen LogP contribution in [0.3, 0.4) is 0 Å². The van der Waals surface area contributed by atoms with E-state index in [4.69, 9.17) is 11.6 Å². The van der Waals surface area contributed by atoms with E-state index in [2.05, 4.69) is 31.3 Å². The molecular weight excluding hydrogens is 464 g/mol. The summed E-state index contributed by atoms with van der Waals surface area (Å²) in [5.41, 5.74) is 3.59. The Balaban J connectivity index is 1.31. The van der Waals surface area contributed by atoms with Gasteiger partial charge in [0.2, 0.25) is 0 Å². The van der Waals surface area contributed by atoms with Gasteiger partial charge >= 0.3 is 0 Å². The highest BCUT2D eigenvalue weighted by atomic mass is 35.5. The average Bonchev–Trinajstić information content (AvgIpc) is 3.59. The van der Waals surface area contributed by atoms with Crippen molar-refractivity contribution in [3.8, 4) is 0 Å². The van der Waals surface area contributed by atoms with E-state index in [1.807, 2.05) is 36.4 Å². The van der Waals surface area contributed by atoms with Crippen LogP contribution in [0.4, 0.5) is 11.4 Å². The molecule has 2 aliphatic heterocycles. The highest BCUT2D eigenvalue weighted by molar-refractivity contribution is 6.31. The first-order valence-corrected chi connectivity index (χ1v) is 11.6. The van der Waals surface area contributed by atoms with Gasteiger partial charge in [-0.05, 0) is 42.5 Å². The highest BCUT2D eigenvalue weighted by Crippen LogP contribution is 2.20. The predicted octanol–water partition coefficient (Wildman–Crippen LogP) is 3.54. The normalized spacial score (nSPS) is 14.4. The molecule has 0 saturated carbocycles. The second-order valence-corrected chi connectivity index (χ2v) is 8.55. The monoisotopic (exact) mass is 486 g/mol. The first-order chi connectivity index (χ1) is 17.0. The van der Waals surface area contributed by atoms with Gasteiger partial charge in [-0.3, -0.25) is 19.6 Å². The number of anilines is 2. The second-order valence-electron chi connectivity index (χ2n) is 8.11. The lowest BCUT2D eigenvalue weighted by molar-refractivity contribution is 0.102. The van der Waals surface area contributed by atoms with Gasteiger partial charge in [-0.15, -0.1) is 0 Å². The zero-order valence-electron chi connectivity index (χ0n) is 18.8. The first kappa shape index (κ1) is 22.6. The number of nitrogens with zero attached hydrogens (tertiary/aromatic N) is 2. The lowest BCUT2D eigenvalue weighted by Crippen LogP contribution is -2.20. The summed E-state index contributed by atoms with van der Waals surface area (Å²) < 4.78 is 0. The van der Waals surface area contributed by atoms with Crippen LogP contribution in [0, 0.1) is 0 Å². The van der Waals surface area contributed by atoms with Crippen molar-refractivity contribution in [2.24, 2.45) is 9.98 Å². The lowest BCUT2D eigenvalue weighted by atomic mass is 10.1. The fourth-order valence-corrected chi connectivity index (χ4v) is 4.16. The summed E-state index contributed by atoms with van der Waals surface area (Å²) in [6.07, 6.45) is 0. The van der Waals surface area contributed by atoms with E-state index in [1.165, 1.54) is 18.2 Å². The van der Waals surface area contributed by atoms with Gasteiger partial charge in [0.05, 0.1) is 13.1 Å². The minimum absolute atomic E-state index is 0.280. The summed E-state index contributed by atoms with van der Waals surface area (Å²) in [5, 5.41) is 12.5. The Morgan fingerprint density at radius 3 is 1.63 bits per heavy atom.